The number of methoxy groups -OCH3 is 1. The standard InChI is InChI=1S/C21H30N2O3/c1-14(2)13-26-21(24)23-12-18(16-5-4-6-17(11-16)25-3)20-19(23)15-7-9-22(20)10-8-15/h4-6,11,14-15,18-20H,7-10,12-13H2,1-3H3/t18-,19-,20-/m1/s1. The lowest BCUT2D eigenvalue weighted by Crippen LogP contribution is -2.60. The molecule has 0 N–H and O–H groups in total. The molecule has 0 aliphatic carbocycles. The second-order valence-corrected chi connectivity index (χ2v) is 8.36. The molecule has 4 saturated heterocycles. The van der Waals surface area contributed by atoms with E-state index in [9.17, 15) is 4.79 Å². The highest BCUT2D eigenvalue weighted by atomic mass is 16.6. The summed E-state index contributed by atoms with van der Waals surface area (Å²) < 4.78 is 11.0. The molecule has 5 rings (SSSR count). The number of benzene rings is 1. The third-order valence-electron chi connectivity index (χ3n) is 6.29. The Balaban J connectivity index is 1.62. The van der Waals surface area contributed by atoms with E-state index in [4.69, 9.17) is 9.47 Å². The molecule has 5 heteroatoms. The molecule has 4 aliphatic rings. The normalized spacial score (nSPS) is 32.6. The second-order valence-electron chi connectivity index (χ2n) is 8.36. The molecule has 2 bridgehead atoms. The monoisotopic (exact) mass is 358 g/mol. The summed E-state index contributed by atoms with van der Waals surface area (Å²) in [7, 11) is 1.71. The average Bonchev–Trinajstić information content (AvgIpc) is 3.10. The predicted molar refractivity (Wildman–Crippen MR) is 101 cm³/mol. The van der Waals surface area contributed by atoms with E-state index in [0.29, 0.717) is 30.4 Å². The van der Waals surface area contributed by atoms with Gasteiger partial charge in [-0.05, 0) is 55.5 Å². The van der Waals surface area contributed by atoms with Crippen LogP contribution in [-0.4, -0.2) is 61.3 Å². The Labute approximate surface area is 156 Å². The zero-order chi connectivity index (χ0) is 18.3. The van der Waals surface area contributed by atoms with Crippen LogP contribution in [0.15, 0.2) is 24.3 Å². The zero-order valence-corrected chi connectivity index (χ0v) is 16.1. The molecule has 0 aromatic heterocycles. The molecule has 0 spiro atoms. The fraction of sp³-hybridized carbons (Fsp3) is 0.667. The van der Waals surface area contributed by atoms with Crippen LogP contribution in [0.1, 0.15) is 38.2 Å². The smallest absolute Gasteiger partial charge is 0.410 e. The molecular weight excluding hydrogens is 328 g/mol. The summed E-state index contributed by atoms with van der Waals surface area (Å²) in [6.07, 6.45) is 2.26. The van der Waals surface area contributed by atoms with E-state index in [-0.39, 0.29) is 12.1 Å². The molecule has 142 valence electrons. The van der Waals surface area contributed by atoms with Gasteiger partial charge in [0.05, 0.1) is 19.8 Å². The van der Waals surface area contributed by atoms with Gasteiger partial charge in [-0.15, -0.1) is 0 Å². The molecular formula is C21H30N2O3. The highest BCUT2D eigenvalue weighted by Crippen LogP contribution is 2.47. The van der Waals surface area contributed by atoms with Gasteiger partial charge in [-0.2, -0.15) is 0 Å². The first-order valence-corrected chi connectivity index (χ1v) is 9.90. The maximum atomic E-state index is 12.8. The predicted octanol–water partition coefficient (Wildman–Crippen LogP) is 3.35. The first kappa shape index (κ1) is 17.7. The van der Waals surface area contributed by atoms with Crippen LogP contribution in [0.3, 0.4) is 0 Å². The van der Waals surface area contributed by atoms with Gasteiger partial charge in [0, 0.05) is 18.5 Å². The molecule has 0 saturated carbocycles. The number of carbonyl (C=O) groups excluding carboxylic acids is 1. The van der Waals surface area contributed by atoms with Gasteiger partial charge in [0.1, 0.15) is 5.75 Å². The number of carbonyl (C=O) groups is 1. The van der Waals surface area contributed by atoms with Gasteiger partial charge in [0.2, 0.25) is 0 Å². The third-order valence-corrected chi connectivity index (χ3v) is 6.29. The number of hydrogen-bond donors (Lipinski definition) is 0. The number of rotatable bonds is 4. The van der Waals surface area contributed by atoms with Gasteiger partial charge in [0.15, 0.2) is 0 Å². The third kappa shape index (κ3) is 3.07. The van der Waals surface area contributed by atoms with E-state index in [1.54, 1.807) is 7.11 Å². The summed E-state index contributed by atoms with van der Waals surface area (Å²) in [4.78, 5) is 17.5. The van der Waals surface area contributed by atoms with Crippen molar-refractivity contribution in [2.75, 3.05) is 33.4 Å². The van der Waals surface area contributed by atoms with E-state index in [1.165, 1.54) is 18.4 Å². The molecule has 5 nitrogen and oxygen atoms in total. The molecule has 0 radical (unpaired) electrons. The SMILES string of the molecule is COc1cccc([C@H]2CN(C(=O)OCC(C)C)[C@@H]3C4CCN(CC4)[C@H]23)c1. The van der Waals surface area contributed by atoms with Gasteiger partial charge in [-0.3, -0.25) is 4.90 Å². The molecule has 1 amide bonds. The number of fused-ring (bicyclic) bond motifs is 2. The van der Waals surface area contributed by atoms with Crippen molar-refractivity contribution in [3.05, 3.63) is 29.8 Å². The Bertz CT molecular complexity index is 654. The van der Waals surface area contributed by atoms with Gasteiger partial charge < -0.3 is 14.4 Å². The molecule has 3 atom stereocenters. The lowest BCUT2D eigenvalue weighted by atomic mass is 9.75. The van der Waals surface area contributed by atoms with E-state index in [1.807, 2.05) is 11.0 Å². The Morgan fingerprint density at radius 2 is 2.00 bits per heavy atom. The highest BCUT2D eigenvalue weighted by Gasteiger charge is 2.55. The van der Waals surface area contributed by atoms with Crippen molar-refractivity contribution < 1.29 is 14.3 Å². The topological polar surface area (TPSA) is 42.0 Å². The van der Waals surface area contributed by atoms with Crippen molar-refractivity contribution in [1.29, 1.82) is 0 Å². The molecule has 26 heavy (non-hydrogen) atoms. The summed E-state index contributed by atoms with van der Waals surface area (Å²) in [5.41, 5.74) is 1.27. The van der Waals surface area contributed by atoms with E-state index in [2.05, 4.69) is 36.9 Å². The first-order valence-electron chi connectivity index (χ1n) is 9.90. The van der Waals surface area contributed by atoms with E-state index >= 15 is 0 Å². The quantitative estimate of drug-likeness (QED) is 0.828. The molecule has 4 aliphatic heterocycles. The summed E-state index contributed by atoms with van der Waals surface area (Å²) >= 11 is 0. The van der Waals surface area contributed by atoms with Gasteiger partial charge in [-0.1, -0.05) is 26.0 Å². The number of piperidine rings is 3. The number of ether oxygens (including phenoxy) is 2. The fourth-order valence-corrected chi connectivity index (χ4v) is 5.12. The minimum atomic E-state index is -0.132. The second kappa shape index (κ2) is 7.10. The zero-order valence-electron chi connectivity index (χ0n) is 16.1. The first-order chi connectivity index (χ1) is 12.6. The number of hydrogen-bond acceptors (Lipinski definition) is 4. The summed E-state index contributed by atoms with van der Waals surface area (Å²) in [6, 6.07) is 9.04. The number of nitrogens with zero attached hydrogens (tertiary/aromatic N) is 2. The molecule has 4 fully saturated rings. The average molecular weight is 358 g/mol. The molecule has 0 unspecified atom stereocenters. The van der Waals surface area contributed by atoms with Crippen LogP contribution in [0.4, 0.5) is 4.79 Å². The number of amides is 1. The van der Waals surface area contributed by atoms with E-state index in [0.717, 1.165) is 25.4 Å². The Kier molecular flexibility index (Phi) is 4.82. The van der Waals surface area contributed by atoms with Crippen LogP contribution >= 0.6 is 0 Å². The maximum Gasteiger partial charge on any atom is 0.410 e. The van der Waals surface area contributed by atoms with Crippen LogP contribution in [0.5, 0.6) is 5.75 Å². The Morgan fingerprint density at radius 3 is 2.69 bits per heavy atom. The van der Waals surface area contributed by atoms with Gasteiger partial charge in [-0.25, -0.2) is 4.79 Å². The van der Waals surface area contributed by atoms with Crippen LogP contribution in [-0.2, 0) is 4.74 Å². The lowest BCUT2D eigenvalue weighted by Gasteiger charge is -2.50. The van der Waals surface area contributed by atoms with Crippen LogP contribution < -0.4 is 4.74 Å². The van der Waals surface area contributed by atoms with E-state index < -0.39 is 0 Å². The number of likely N-dealkylation sites (tertiary alicyclic amines) is 1. The lowest BCUT2D eigenvalue weighted by molar-refractivity contribution is -0.00864. The van der Waals surface area contributed by atoms with Crippen LogP contribution in [0, 0.1) is 11.8 Å². The summed E-state index contributed by atoms with van der Waals surface area (Å²) in [5, 5.41) is 0. The van der Waals surface area contributed by atoms with Crippen molar-refractivity contribution >= 4 is 6.09 Å². The van der Waals surface area contributed by atoms with Crippen LogP contribution in [0.25, 0.3) is 0 Å². The van der Waals surface area contributed by atoms with Gasteiger partial charge >= 0.3 is 6.09 Å². The van der Waals surface area contributed by atoms with Gasteiger partial charge in [0.25, 0.3) is 0 Å². The van der Waals surface area contributed by atoms with Crippen molar-refractivity contribution in [2.45, 2.75) is 44.7 Å². The minimum Gasteiger partial charge on any atom is -0.497 e. The fourth-order valence-electron chi connectivity index (χ4n) is 5.12. The largest absolute Gasteiger partial charge is 0.497 e. The summed E-state index contributed by atoms with van der Waals surface area (Å²) in [5.74, 6) is 2.17. The molecule has 1 aromatic rings. The molecule has 4 heterocycles. The van der Waals surface area contributed by atoms with Crippen molar-refractivity contribution in [3.63, 3.8) is 0 Å². The summed E-state index contributed by atoms with van der Waals surface area (Å²) in [6.45, 7) is 7.69. The van der Waals surface area contributed by atoms with Crippen molar-refractivity contribution in [2.24, 2.45) is 11.8 Å². The van der Waals surface area contributed by atoms with Crippen LogP contribution in [0.2, 0.25) is 0 Å². The highest BCUT2D eigenvalue weighted by molar-refractivity contribution is 5.69. The Hall–Kier alpha value is -1.75. The maximum absolute atomic E-state index is 12.8. The minimum absolute atomic E-state index is 0.132. The Morgan fingerprint density at radius 1 is 1.23 bits per heavy atom. The van der Waals surface area contributed by atoms with Crippen molar-refractivity contribution in [3.8, 4) is 5.75 Å². The molecule has 1 aromatic carbocycles. The van der Waals surface area contributed by atoms with Crippen molar-refractivity contribution in [1.82, 2.24) is 9.80 Å².